The molecule has 0 radical (unpaired) electrons. The molecule has 100 valence electrons. The molecule has 0 N–H and O–H groups in total. The third-order valence-corrected chi connectivity index (χ3v) is 3.08. The van der Waals surface area contributed by atoms with Crippen LogP contribution in [0, 0.1) is 11.3 Å². The minimum absolute atomic E-state index is 0.118. The Kier molecular flexibility index (Phi) is 4.29. The number of piperidine rings is 1. The fraction of sp³-hybridized carbons (Fsp3) is 0.538. The van der Waals surface area contributed by atoms with Gasteiger partial charge in [-0.15, -0.1) is 0 Å². The van der Waals surface area contributed by atoms with Crippen LogP contribution in [0.15, 0.2) is 12.4 Å². The number of hydrogen-bond donors (Lipinski definition) is 0. The zero-order valence-corrected chi connectivity index (χ0v) is 10.9. The average molecular weight is 260 g/mol. The van der Waals surface area contributed by atoms with Gasteiger partial charge in [0.15, 0.2) is 0 Å². The van der Waals surface area contributed by atoms with Gasteiger partial charge in [-0.05, 0) is 12.8 Å². The molecule has 0 aromatic carbocycles. The van der Waals surface area contributed by atoms with Crippen molar-refractivity contribution in [2.24, 2.45) is 0 Å². The van der Waals surface area contributed by atoms with Gasteiger partial charge >= 0.3 is 0 Å². The Bertz CT molecular complexity index is 498. The first-order valence-electron chi connectivity index (χ1n) is 6.40. The topological polar surface area (TPSA) is 79.1 Å². The van der Waals surface area contributed by atoms with Crippen LogP contribution in [0.4, 0.5) is 0 Å². The Labute approximate surface area is 112 Å². The first kappa shape index (κ1) is 13.3. The van der Waals surface area contributed by atoms with Crippen molar-refractivity contribution in [1.29, 1.82) is 5.26 Å². The number of nitrogens with zero attached hydrogens (tertiary/aromatic N) is 4. The maximum absolute atomic E-state index is 11.7. The van der Waals surface area contributed by atoms with E-state index in [1.807, 2.05) is 13.0 Å². The predicted molar refractivity (Wildman–Crippen MR) is 67.3 cm³/mol. The van der Waals surface area contributed by atoms with Gasteiger partial charge in [0.05, 0.1) is 6.54 Å². The molecule has 2 rings (SSSR count). The molecule has 0 spiro atoms. The molecule has 2 heterocycles. The van der Waals surface area contributed by atoms with Crippen molar-refractivity contribution in [3.8, 4) is 11.9 Å². The minimum atomic E-state index is -0.118. The quantitative estimate of drug-likeness (QED) is 0.814. The zero-order valence-electron chi connectivity index (χ0n) is 10.9. The lowest BCUT2D eigenvalue weighted by Crippen LogP contribution is -2.44. The molecule has 19 heavy (non-hydrogen) atoms. The van der Waals surface area contributed by atoms with Crippen LogP contribution in [0.2, 0.25) is 0 Å². The standard InChI is InChI=1S/C13H16N4O2/c1-2-12(18)17-7-3-4-10(9-17)19-13-11(8-14)15-5-6-16-13/h5-6,10H,2-4,7,9H2,1H3. The lowest BCUT2D eigenvalue weighted by atomic mass is 10.1. The number of hydrogen-bond acceptors (Lipinski definition) is 5. The molecule has 1 aromatic rings. The molecular formula is C13H16N4O2. The molecule has 1 fully saturated rings. The van der Waals surface area contributed by atoms with Crippen LogP contribution in [0.25, 0.3) is 0 Å². The number of ether oxygens (including phenoxy) is 1. The lowest BCUT2D eigenvalue weighted by molar-refractivity contribution is -0.133. The molecule has 0 aliphatic carbocycles. The second-order valence-corrected chi connectivity index (χ2v) is 4.40. The van der Waals surface area contributed by atoms with Crippen LogP contribution in [-0.2, 0) is 4.79 Å². The highest BCUT2D eigenvalue weighted by Gasteiger charge is 2.25. The number of carbonyl (C=O) groups excluding carboxylic acids is 1. The van der Waals surface area contributed by atoms with Gasteiger partial charge in [0.2, 0.25) is 11.6 Å². The molecule has 0 saturated carbocycles. The van der Waals surface area contributed by atoms with Crippen molar-refractivity contribution < 1.29 is 9.53 Å². The highest BCUT2D eigenvalue weighted by Crippen LogP contribution is 2.18. The van der Waals surface area contributed by atoms with Gasteiger partial charge in [-0.1, -0.05) is 6.92 Å². The number of nitriles is 1. The van der Waals surface area contributed by atoms with Gasteiger partial charge in [-0.25, -0.2) is 9.97 Å². The Morgan fingerprint density at radius 1 is 1.58 bits per heavy atom. The van der Waals surface area contributed by atoms with Gasteiger partial charge in [-0.2, -0.15) is 5.26 Å². The summed E-state index contributed by atoms with van der Waals surface area (Å²) in [6, 6.07) is 1.95. The summed E-state index contributed by atoms with van der Waals surface area (Å²) in [4.78, 5) is 21.4. The van der Waals surface area contributed by atoms with E-state index in [1.54, 1.807) is 4.90 Å². The average Bonchev–Trinajstić information content (AvgIpc) is 2.47. The highest BCUT2D eigenvalue weighted by atomic mass is 16.5. The fourth-order valence-electron chi connectivity index (χ4n) is 2.13. The second kappa shape index (κ2) is 6.14. The molecule has 1 aliphatic heterocycles. The Hall–Kier alpha value is -2.16. The molecule has 0 bridgehead atoms. The Morgan fingerprint density at radius 2 is 2.37 bits per heavy atom. The first-order chi connectivity index (χ1) is 9.24. The van der Waals surface area contributed by atoms with Crippen molar-refractivity contribution in [2.45, 2.75) is 32.3 Å². The molecule has 6 nitrogen and oxygen atoms in total. The monoisotopic (exact) mass is 260 g/mol. The maximum Gasteiger partial charge on any atom is 0.251 e. The molecule has 1 amide bonds. The third kappa shape index (κ3) is 3.19. The van der Waals surface area contributed by atoms with E-state index in [1.165, 1.54) is 12.4 Å². The summed E-state index contributed by atoms with van der Waals surface area (Å²) >= 11 is 0. The zero-order chi connectivity index (χ0) is 13.7. The predicted octanol–water partition coefficient (Wildman–Crippen LogP) is 1.13. The lowest BCUT2D eigenvalue weighted by Gasteiger charge is -2.32. The maximum atomic E-state index is 11.7. The molecule has 1 saturated heterocycles. The Morgan fingerprint density at radius 3 is 3.11 bits per heavy atom. The van der Waals surface area contributed by atoms with Crippen LogP contribution >= 0.6 is 0 Å². The SMILES string of the molecule is CCC(=O)N1CCCC(Oc2nccnc2C#N)C1. The summed E-state index contributed by atoms with van der Waals surface area (Å²) < 4.78 is 5.71. The van der Waals surface area contributed by atoms with Crippen molar-refractivity contribution in [1.82, 2.24) is 14.9 Å². The second-order valence-electron chi connectivity index (χ2n) is 4.40. The summed E-state index contributed by atoms with van der Waals surface area (Å²) in [5.74, 6) is 0.383. The van der Waals surface area contributed by atoms with E-state index in [-0.39, 0.29) is 23.6 Å². The van der Waals surface area contributed by atoms with Crippen molar-refractivity contribution in [3.05, 3.63) is 18.1 Å². The molecule has 1 atom stereocenters. The van der Waals surface area contributed by atoms with Gasteiger partial charge < -0.3 is 9.64 Å². The number of aromatic nitrogens is 2. The number of likely N-dealkylation sites (tertiary alicyclic amines) is 1. The molecule has 1 aliphatic rings. The summed E-state index contributed by atoms with van der Waals surface area (Å²) in [7, 11) is 0. The summed E-state index contributed by atoms with van der Waals surface area (Å²) in [6.07, 6.45) is 5.09. The molecule has 1 unspecified atom stereocenters. The van der Waals surface area contributed by atoms with Crippen molar-refractivity contribution in [2.75, 3.05) is 13.1 Å². The fourth-order valence-corrected chi connectivity index (χ4v) is 2.13. The molecular weight excluding hydrogens is 244 g/mol. The largest absolute Gasteiger partial charge is 0.470 e. The van der Waals surface area contributed by atoms with Crippen molar-refractivity contribution in [3.63, 3.8) is 0 Å². The normalized spacial score (nSPS) is 18.7. The summed E-state index contributed by atoms with van der Waals surface area (Å²) in [5, 5.41) is 8.93. The third-order valence-electron chi connectivity index (χ3n) is 3.08. The van der Waals surface area contributed by atoms with Crippen LogP contribution in [0.3, 0.4) is 0 Å². The van der Waals surface area contributed by atoms with Gasteiger partial charge in [0.1, 0.15) is 12.2 Å². The van der Waals surface area contributed by atoms with Gasteiger partial charge in [0.25, 0.3) is 5.88 Å². The Balaban J connectivity index is 2.03. The number of carbonyl (C=O) groups is 1. The van der Waals surface area contributed by atoms with Crippen LogP contribution in [0.5, 0.6) is 5.88 Å². The first-order valence-corrected chi connectivity index (χ1v) is 6.40. The van der Waals surface area contributed by atoms with E-state index >= 15 is 0 Å². The van der Waals surface area contributed by atoms with E-state index in [2.05, 4.69) is 9.97 Å². The number of rotatable bonds is 3. The van der Waals surface area contributed by atoms with Crippen molar-refractivity contribution >= 4 is 5.91 Å². The van der Waals surface area contributed by atoms with E-state index in [9.17, 15) is 4.79 Å². The van der Waals surface area contributed by atoms with Crippen LogP contribution in [-0.4, -0.2) is 40.0 Å². The number of amides is 1. The van der Waals surface area contributed by atoms with E-state index < -0.39 is 0 Å². The van der Waals surface area contributed by atoms with Gasteiger partial charge in [-0.3, -0.25) is 4.79 Å². The van der Waals surface area contributed by atoms with E-state index in [0.29, 0.717) is 13.0 Å². The minimum Gasteiger partial charge on any atom is -0.470 e. The molecule has 1 aromatic heterocycles. The van der Waals surface area contributed by atoms with Crippen LogP contribution in [0.1, 0.15) is 31.9 Å². The summed E-state index contributed by atoms with van der Waals surface area (Å²) in [5.41, 5.74) is 0.182. The summed E-state index contributed by atoms with van der Waals surface area (Å²) in [6.45, 7) is 3.18. The van der Waals surface area contributed by atoms with Gasteiger partial charge in [0, 0.05) is 25.4 Å². The van der Waals surface area contributed by atoms with E-state index in [4.69, 9.17) is 10.00 Å². The van der Waals surface area contributed by atoms with E-state index in [0.717, 1.165) is 19.4 Å². The highest BCUT2D eigenvalue weighted by molar-refractivity contribution is 5.75. The van der Waals surface area contributed by atoms with Crippen LogP contribution < -0.4 is 4.74 Å². The smallest absolute Gasteiger partial charge is 0.251 e. The molecule has 6 heteroatoms.